The maximum absolute atomic E-state index is 15.3. The Balaban J connectivity index is 1.32. The normalized spacial score (nSPS) is 17.7. The van der Waals surface area contributed by atoms with Crippen molar-refractivity contribution in [2.45, 2.75) is 44.8 Å². The molecule has 0 spiro atoms. The maximum Gasteiger partial charge on any atom is 0.320 e. The molecule has 5 rings (SSSR count). The van der Waals surface area contributed by atoms with Crippen molar-refractivity contribution >= 4 is 62.6 Å². The third-order valence-corrected chi connectivity index (χ3v) is 7.82. The van der Waals surface area contributed by atoms with E-state index in [-0.39, 0.29) is 46.7 Å². The lowest BCUT2D eigenvalue weighted by Gasteiger charge is -2.29. The molecule has 1 unspecified atom stereocenters. The lowest BCUT2D eigenvalue weighted by atomic mass is 10.0. The van der Waals surface area contributed by atoms with Crippen LogP contribution in [0.1, 0.15) is 47.6 Å². The Morgan fingerprint density at radius 3 is 2.73 bits per heavy atom. The van der Waals surface area contributed by atoms with Gasteiger partial charge in [-0.1, -0.05) is 11.6 Å². The quantitative estimate of drug-likeness (QED) is 0.426. The van der Waals surface area contributed by atoms with Crippen LogP contribution in [0.3, 0.4) is 0 Å². The molecule has 1 fully saturated rings. The third kappa shape index (κ3) is 4.51. The van der Waals surface area contributed by atoms with Gasteiger partial charge in [-0.05, 0) is 44.5 Å². The van der Waals surface area contributed by atoms with Crippen LogP contribution in [0, 0.1) is 11.6 Å². The predicted molar refractivity (Wildman–Crippen MR) is 132 cm³/mol. The van der Waals surface area contributed by atoms with Gasteiger partial charge in [0, 0.05) is 22.6 Å². The number of amides is 5. The molecule has 5 amide bonds. The number of nitrogens with zero attached hydrogens (tertiary/aromatic N) is 2. The van der Waals surface area contributed by atoms with Gasteiger partial charge >= 0.3 is 6.03 Å². The first-order valence-electron chi connectivity index (χ1n) is 11.3. The zero-order valence-corrected chi connectivity index (χ0v) is 21.2. The summed E-state index contributed by atoms with van der Waals surface area (Å²) in [5.41, 5.74) is -0.936. The van der Waals surface area contributed by atoms with E-state index in [1.165, 1.54) is 28.4 Å². The first kappa shape index (κ1) is 25.0. The Kier molecular flexibility index (Phi) is 6.11. The highest BCUT2D eigenvalue weighted by atomic mass is 35.5. The fourth-order valence-electron chi connectivity index (χ4n) is 4.42. The Bertz CT molecular complexity index is 1510. The molecule has 2 aromatic carbocycles. The van der Waals surface area contributed by atoms with E-state index < -0.39 is 47.0 Å². The van der Waals surface area contributed by atoms with Crippen LogP contribution in [0.4, 0.5) is 19.3 Å². The summed E-state index contributed by atoms with van der Waals surface area (Å²) in [6.45, 7) is 3.16. The summed E-state index contributed by atoms with van der Waals surface area (Å²) in [7, 11) is 0. The van der Waals surface area contributed by atoms with Gasteiger partial charge in [0.05, 0.1) is 22.5 Å². The third-order valence-electron chi connectivity index (χ3n) is 6.27. The molecule has 1 aromatic heterocycles. The van der Waals surface area contributed by atoms with Crippen molar-refractivity contribution in [3.05, 3.63) is 57.1 Å². The molecule has 3 aromatic rings. The van der Waals surface area contributed by atoms with E-state index in [0.29, 0.717) is 9.71 Å². The van der Waals surface area contributed by atoms with Crippen LogP contribution in [0.25, 0.3) is 10.2 Å². The molecule has 0 radical (unpaired) electrons. The van der Waals surface area contributed by atoms with Crippen molar-refractivity contribution < 1.29 is 28.0 Å². The van der Waals surface area contributed by atoms with Gasteiger partial charge in [-0.15, -0.1) is 11.3 Å². The topological polar surface area (TPSA) is 120 Å². The molecule has 192 valence electrons. The van der Waals surface area contributed by atoms with E-state index in [1.54, 1.807) is 19.9 Å². The standard InChI is InChI=1S/C24H20ClF2N5O4S/c1-24(2,22-30-19-13(26)7-10(25)8-16(19)37-22)31-23(36)28-14-4-3-11-12(18(14)27)9-32(21(11)35)15-5-6-17(33)29-20(15)34/h3-4,7-8,15H,5-6,9H2,1-2H3,(H2,28,31,36)(H,29,33,34). The average Bonchev–Trinajstić information content (AvgIpc) is 3.38. The summed E-state index contributed by atoms with van der Waals surface area (Å²) in [4.78, 5) is 54.8. The summed E-state index contributed by atoms with van der Waals surface area (Å²) < 4.78 is 30.1. The Hall–Kier alpha value is -3.64. The van der Waals surface area contributed by atoms with Gasteiger partial charge in [-0.3, -0.25) is 19.7 Å². The Labute approximate surface area is 218 Å². The summed E-state index contributed by atoms with van der Waals surface area (Å²) in [6, 6.07) is 3.76. The number of hydrogen-bond donors (Lipinski definition) is 3. The van der Waals surface area contributed by atoms with Crippen LogP contribution in [0.15, 0.2) is 24.3 Å². The molecule has 2 aliphatic heterocycles. The largest absolute Gasteiger partial charge is 0.326 e. The number of benzene rings is 2. The number of carbonyl (C=O) groups excluding carboxylic acids is 4. The van der Waals surface area contributed by atoms with Crippen molar-refractivity contribution in [3.63, 3.8) is 0 Å². The van der Waals surface area contributed by atoms with E-state index >= 15 is 4.39 Å². The summed E-state index contributed by atoms with van der Waals surface area (Å²) in [5.74, 6) is -2.92. The van der Waals surface area contributed by atoms with Crippen molar-refractivity contribution in [2.24, 2.45) is 0 Å². The number of nitrogens with one attached hydrogen (secondary N) is 3. The smallest absolute Gasteiger partial charge is 0.320 e. The molecule has 0 aliphatic carbocycles. The molecule has 37 heavy (non-hydrogen) atoms. The summed E-state index contributed by atoms with van der Waals surface area (Å²) >= 11 is 7.08. The van der Waals surface area contributed by atoms with Gasteiger partial charge in [0.2, 0.25) is 11.8 Å². The fourth-order valence-corrected chi connectivity index (χ4v) is 5.76. The zero-order valence-electron chi connectivity index (χ0n) is 19.6. The minimum absolute atomic E-state index is 0.0466. The Morgan fingerprint density at radius 2 is 2.00 bits per heavy atom. The number of rotatable bonds is 4. The van der Waals surface area contributed by atoms with Crippen LogP contribution in [-0.2, 0) is 21.7 Å². The molecular formula is C24H20ClF2N5O4S. The van der Waals surface area contributed by atoms with E-state index in [9.17, 15) is 23.6 Å². The molecule has 2 aliphatic rings. The van der Waals surface area contributed by atoms with Crippen LogP contribution in [0.2, 0.25) is 5.02 Å². The second-order valence-corrected chi connectivity index (χ2v) is 10.8. The SMILES string of the molecule is CC(C)(NC(=O)Nc1ccc2c(c1F)CN(C1CCC(=O)NC1=O)C2=O)c1nc2c(F)cc(Cl)cc2s1. The van der Waals surface area contributed by atoms with Crippen molar-refractivity contribution in [1.82, 2.24) is 20.5 Å². The number of anilines is 1. The monoisotopic (exact) mass is 547 g/mol. The van der Waals surface area contributed by atoms with Crippen molar-refractivity contribution in [3.8, 4) is 0 Å². The van der Waals surface area contributed by atoms with Gasteiger partial charge in [0.25, 0.3) is 5.91 Å². The second kappa shape index (κ2) is 9.03. The van der Waals surface area contributed by atoms with Gasteiger partial charge in [0.1, 0.15) is 16.6 Å². The van der Waals surface area contributed by atoms with E-state index in [4.69, 9.17) is 11.6 Å². The van der Waals surface area contributed by atoms with Crippen LogP contribution in [-0.4, -0.2) is 39.7 Å². The lowest BCUT2D eigenvalue weighted by Crippen LogP contribution is -2.52. The van der Waals surface area contributed by atoms with Crippen molar-refractivity contribution in [1.29, 1.82) is 0 Å². The Morgan fingerprint density at radius 1 is 1.24 bits per heavy atom. The van der Waals surface area contributed by atoms with Crippen LogP contribution in [0.5, 0.6) is 0 Å². The molecular weight excluding hydrogens is 528 g/mol. The summed E-state index contributed by atoms with van der Waals surface area (Å²) in [5, 5.41) is 7.99. The lowest BCUT2D eigenvalue weighted by molar-refractivity contribution is -0.136. The fraction of sp³-hybridized carbons (Fsp3) is 0.292. The van der Waals surface area contributed by atoms with Gasteiger partial charge in [0.15, 0.2) is 11.6 Å². The van der Waals surface area contributed by atoms with E-state index in [1.807, 2.05) is 0 Å². The maximum atomic E-state index is 15.3. The molecule has 0 bridgehead atoms. The minimum atomic E-state index is -1.04. The van der Waals surface area contributed by atoms with Gasteiger partial charge in [-0.2, -0.15) is 0 Å². The number of halogens is 3. The van der Waals surface area contributed by atoms with Gasteiger partial charge < -0.3 is 15.5 Å². The molecule has 1 saturated heterocycles. The second-order valence-electron chi connectivity index (χ2n) is 9.31. The highest BCUT2D eigenvalue weighted by Crippen LogP contribution is 2.34. The minimum Gasteiger partial charge on any atom is -0.326 e. The summed E-state index contributed by atoms with van der Waals surface area (Å²) in [6.07, 6.45) is 0.229. The number of fused-ring (bicyclic) bond motifs is 2. The van der Waals surface area contributed by atoms with E-state index in [0.717, 1.165) is 6.07 Å². The average molecular weight is 548 g/mol. The number of thiazole rings is 1. The molecule has 1 atom stereocenters. The number of aromatic nitrogens is 1. The number of imide groups is 1. The first-order chi connectivity index (χ1) is 17.4. The zero-order chi connectivity index (χ0) is 26.6. The number of carbonyl (C=O) groups is 4. The van der Waals surface area contributed by atoms with Gasteiger partial charge in [-0.25, -0.2) is 18.6 Å². The van der Waals surface area contributed by atoms with Crippen molar-refractivity contribution in [2.75, 3.05) is 5.32 Å². The predicted octanol–water partition coefficient (Wildman–Crippen LogP) is 4.05. The van der Waals surface area contributed by atoms with Crippen LogP contribution >= 0.6 is 22.9 Å². The highest BCUT2D eigenvalue weighted by molar-refractivity contribution is 7.18. The highest BCUT2D eigenvalue weighted by Gasteiger charge is 2.40. The molecule has 9 nitrogen and oxygen atoms in total. The number of hydrogen-bond acceptors (Lipinski definition) is 6. The molecule has 3 N–H and O–H groups in total. The number of piperidine rings is 1. The number of urea groups is 1. The van der Waals surface area contributed by atoms with E-state index in [2.05, 4.69) is 20.9 Å². The van der Waals surface area contributed by atoms with Crippen LogP contribution < -0.4 is 16.0 Å². The molecule has 13 heteroatoms. The first-order valence-corrected chi connectivity index (χ1v) is 12.5. The molecule has 0 saturated carbocycles. The molecule has 3 heterocycles.